The minimum Gasteiger partial charge on any atom is -0.355 e. The van der Waals surface area contributed by atoms with E-state index in [1.54, 1.807) is 0 Å². The van der Waals surface area contributed by atoms with E-state index >= 15 is 0 Å². The monoisotopic (exact) mass is 307 g/mol. The lowest BCUT2D eigenvalue weighted by molar-refractivity contribution is 0.537. The quantitative estimate of drug-likeness (QED) is 0.782. The SMILES string of the molecule is CC1=C(C2CC2(C)C)NC(N)N1.CCc1cccc(Cl)c1. The Labute approximate surface area is 132 Å². The second kappa shape index (κ2) is 6.29. The molecule has 1 aliphatic carbocycles. The molecular formula is C17H26ClN3. The molecule has 3 rings (SSSR count). The largest absolute Gasteiger partial charge is 0.355 e. The summed E-state index contributed by atoms with van der Waals surface area (Å²) in [6.07, 6.45) is 2.26. The number of rotatable bonds is 2. The van der Waals surface area contributed by atoms with Gasteiger partial charge in [0.2, 0.25) is 0 Å². The first-order valence-corrected chi connectivity index (χ1v) is 7.95. The van der Waals surface area contributed by atoms with Crippen molar-refractivity contribution in [3.8, 4) is 0 Å². The molecule has 4 heteroatoms. The predicted octanol–water partition coefficient (Wildman–Crippen LogP) is 3.60. The Balaban J connectivity index is 0.000000161. The van der Waals surface area contributed by atoms with Gasteiger partial charge in [0.15, 0.2) is 0 Å². The van der Waals surface area contributed by atoms with E-state index in [-0.39, 0.29) is 6.29 Å². The molecule has 1 saturated carbocycles. The van der Waals surface area contributed by atoms with E-state index in [9.17, 15) is 0 Å². The van der Waals surface area contributed by atoms with E-state index in [2.05, 4.69) is 44.4 Å². The highest BCUT2D eigenvalue weighted by atomic mass is 35.5. The van der Waals surface area contributed by atoms with Crippen molar-refractivity contribution in [3.63, 3.8) is 0 Å². The Hall–Kier alpha value is -1.19. The van der Waals surface area contributed by atoms with Gasteiger partial charge in [0.25, 0.3) is 0 Å². The van der Waals surface area contributed by atoms with Gasteiger partial charge < -0.3 is 10.6 Å². The Morgan fingerprint density at radius 2 is 2.00 bits per heavy atom. The molecule has 4 N–H and O–H groups in total. The molecule has 0 bridgehead atoms. The number of allylic oxidation sites excluding steroid dienone is 2. The van der Waals surface area contributed by atoms with Gasteiger partial charge in [-0.15, -0.1) is 0 Å². The maximum Gasteiger partial charge on any atom is 0.150 e. The highest BCUT2D eigenvalue weighted by molar-refractivity contribution is 6.30. The molecule has 2 aliphatic rings. The molecule has 2 unspecified atom stereocenters. The van der Waals surface area contributed by atoms with Crippen molar-refractivity contribution in [2.45, 2.75) is 46.8 Å². The molecule has 0 aromatic heterocycles. The van der Waals surface area contributed by atoms with Gasteiger partial charge in [0.1, 0.15) is 6.29 Å². The number of halogens is 1. The number of nitrogens with one attached hydrogen (secondary N) is 2. The van der Waals surface area contributed by atoms with E-state index in [1.165, 1.54) is 23.4 Å². The number of benzene rings is 1. The van der Waals surface area contributed by atoms with Crippen molar-refractivity contribution in [1.29, 1.82) is 0 Å². The van der Waals surface area contributed by atoms with E-state index < -0.39 is 0 Å². The summed E-state index contributed by atoms with van der Waals surface area (Å²) >= 11 is 5.72. The molecule has 1 heterocycles. The highest BCUT2D eigenvalue weighted by Crippen LogP contribution is 2.55. The molecule has 0 saturated heterocycles. The zero-order valence-electron chi connectivity index (χ0n) is 13.3. The van der Waals surface area contributed by atoms with Crippen LogP contribution in [0.4, 0.5) is 0 Å². The molecule has 21 heavy (non-hydrogen) atoms. The van der Waals surface area contributed by atoms with Crippen molar-refractivity contribution in [2.75, 3.05) is 0 Å². The van der Waals surface area contributed by atoms with Crippen LogP contribution in [0.1, 0.15) is 39.7 Å². The first kappa shape index (κ1) is 16.2. The lowest BCUT2D eigenvalue weighted by atomic mass is 10.1. The first-order valence-electron chi connectivity index (χ1n) is 7.57. The minimum absolute atomic E-state index is 0.0728. The van der Waals surface area contributed by atoms with Crippen LogP contribution in [-0.2, 0) is 6.42 Å². The zero-order chi connectivity index (χ0) is 15.6. The normalized spacial score (nSPS) is 25.6. The molecule has 1 aromatic rings. The summed E-state index contributed by atoms with van der Waals surface area (Å²) in [4.78, 5) is 0. The zero-order valence-corrected chi connectivity index (χ0v) is 14.1. The fourth-order valence-corrected chi connectivity index (χ4v) is 2.91. The molecule has 116 valence electrons. The molecular weight excluding hydrogens is 282 g/mol. The summed E-state index contributed by atoms with van der Waals surface area (Å²) < 4.78 is 0. The van der Waals surface area contributed by atoms with Crippen molar-refractivity contribution in [3.05, 3.63) is 46.2 Å². The molecule has 3 nitrogen and oxygen atoms in total. The van der Waals surface area contributed by atoms with Crippen LogP contribution in [0.15, 0.2) is 35.7 Å². The average molecular weight is 308 g/mol. The van der Waals surface area contributed by atoms with E-state index in [0.717, 1.165) is 11.4 Å². The van der Waals surface area contributed by atoms with Gasteiger partial charge in [-0.3, -0.25) is 5.73 Å². The predicted molar refractivity (Wildman–Crippen MR) is 89.7 cm³/mol. The topological polar surface area (TPSA) is 50.1 Å². The van der Waals surface area contributed by atoms with Crippen LogP contribution in [0.25, 0.3) is 0 Å². The maximum absolute atomic E-state index is 5.72. The van der Waals surface area contributed by atoms with Gasteiger partial charge >= 0.3 is 0 Å². The van der Waals surface area contributed by atoms with Crippen molar-refractivity contribution >= 4 is 11.6 Å². The number of aryl methyl sites for hydroxylation is 1. The standard InChI is InChI=1S/C9H17N3.C8H9Cl/c1-5-7(12-8(10)11-5)6-4-9(6,2)3;1-2-7-4-3-5-8(9)6-7/h6,8,11-12H,4,10H2,1-3H3;3-6H,2H2,1H3. The Bertz CT molecular complexity index is 537. The average Bonchev–Trinajstić information content (AvgIpc) is 2.91. The van der Waals surface area contributed by atoms with Crippen molar-refractivity contribution in [2.24, 2.45) is 17.1 Å². The van der Waals surface area contributed by atoms with Crippen LogP contribution >= 0.6 is 11.6 Å². The molecule has 1 aliphatic heterocycles. The van der Waals surface area contributed by atoms with Gasteiger partial charge in [-0.05, 0) is 42.9 Å². The Morgan fingerprint density at radius 1 is 1.33 bits per heavy atom. The van der Waals surface area contributed by atoms with E-state index in [4.69, 9.17) is 17.3 Å². The van der Waals surface area contributed by atoms with Gasteiger partial charge in [-0.2, -0.15) is 0 Å². The third-order valence-electron chi connectivity index (χ3n) is 4.25. The fourth-order valence-electron chi connectivity index (χ4n) is 2.70. The van der Waals surface area contributed by atoms with Gasteiger partial charge in [-0.25, -0.2) is 0 Å². The van der Waals surface area contributed by atoms with Crippen LogP contribution in [0, 0.1) is 11.3 Å². The summed E-state index contributed by atoms with van der Waals surface area (Å²) in [6.45, 7) is 8.79. The smallest absolute Gasteiger partial charge is 0.150 e. The van der Waals surface area contributed by atoms with Crippen LogP contribution < -0.4 is 16.4 Å². The molecule has 0 spiro atoms. The number of hydrogen-bond acceptors (Lipinski definition) is 3. The lowest BCUT2D eigenvalue weighted by Crippen LogP contribution is -2.41. The minimum atomic E-state index is -0.0728. The third kappa shape index (κ3) is 4.14. The maximum atomic E-state index is 5.72. The lowest BCUT2D eigenvalue weighted by Gasteiger charge is -2.08. The summed E-state index contributed by atoms with van der Waals surface area (Å²) in [6, 6.07) is 7.93. The molecule has 2 atom stereocenters. The first-order chi connectivity index (χ1) is 9.83. The van der Waals surface area contributed by atoms with E-state index in [1.807, 2.05) is 18.2 Å². The summed E-state index contributed by atoms with van der Waals surface area (Å²) in [5, 5.41) is 7.27. The van der Waals surface area contributed by atoms with Crippen LogP contribution in [0.2, 0.25) is 5.02 Å². The molecule has 1 fully saturated rings. The van der Waals surface area contributed by atoms with Crippen LogP contribution in [-0.4, -0.2) is 6.29 Å². The Kier molecular flexibility index (Phi) is 4.84. The molecule has 0 radical (unpaired) electrons. The summed E-state index contributed by atoms with van der Waals surface area (Å²) in [5.41, 5.74) is 10.0. The van der Waals surface area contributed by atoms with E-state index in [0.29, 0.717) is 11.3 Å². The van der Waals surface area contributed by atoms with Crippen LogP contribution in [0.3, 0.4) is 0 Å². The third-order valence-corrected chi connectivity index (χ3v) is 4.48. The fraction of sp³-hybridized carbons (Fsp3) is 0.529. The highest BCUT2D eigenvalue weighted by Gasteiger charge is 2.49. The van der Waals surface area contributed by atoms with Gasteiger partial charge in [-0.1, -0.05) is 44.5 Å². The second-order valence-electron chi connectivity index (χ2n) is 6.53. The van der Waals surface area contributed by atoms with Crippen LogP contribution in [0.5, 0.6) is 0 Å². The van der Waals surface area contributed by atoms with Crippen molar-refractivity contribution in [1.82, 2.24) is 10.6 Å². The second-order valence-corrected chi connectivity index (χ2v) is 6.97. The summed E-state index contributed by atoms with van der Waals surface area (Å²) in [5.74, 6) is 0.693. The molecule has 0 amide bonds. The molecule has 1 aromatic carbocycles. The van der Waals surface area contributed by atoms with Gasteiger partial charge in [0.05, 0.1) is 0 Å². The van der Waals surface area contributed by atoms with Crippen molar-refractivity contribution < 1.29 is 0 Å². The Morgan fingerprint density at radius 3 is 2.38 bits per heavy atom. The summed E-state index contributed by atoms with van der Waals surface area (Å²) in [7, 11) is 0. The van der Waals surface area contributed by atoms with Gasteiger partial charge in [0, 0.05) is 22.3 Å². The number of hydrogen-bond donors (Lipinski definition) is 3. The number of nitrogens with two attached hydrogens (primary N) is 1.